The van der Waals surface area contributed by atoms with Crippen LogP contribution >= 0.6 is 0 Å². The summed E-state index contributed by atoms with van der Waals surface area (Å²) in [5.74, 6) is 3.66. The molecule has 0 aromatic heterocycles. The molecule has 9 heteroatoms. The topological polar surface area (TPSA) is 80.8 Å². The van der Waals surface area contributed by atoms with Crippen LogP contribution in [0.5, 0.6) is 5.75 Å². The first-order valence-corrected chi connectivity index (χ1v) is 18.3. The fourth-order valence-corrected chi connectivity index (χ4v) is 6.36. The van der Waals surface area contributed by atoms with Gasteiger partial charge in [0.15, 0.2) is 9.84 Å². The van der Waals surface area contributed by atoms with E-state index in [2.05, 4.69) is 36.8 Å². The molecule has 0 amide bonds. The maximum absolute atomic E-state index is 13.7. The van der Waals surface area contributed by atoms with Crippen molar-refractivity contribution >= 4 is 34.0 Å². The zero-order valence-corrected chi connectivity index (χ0v) is 25.5. The highest BCUT2D eigenvalue weighted by Crippen LogP contribution is 2.26. The third-order valence-corrected chi connectivity index (χ3v) is 10.6. The average molecular weight is 560 g/mol. The fraction of sp³-hybridized carbons (Fsp3) is 0.393. The zero-order chi connectivity index (χ0) is 28.1. The monoisotopic (exact) mass is 559 g/mol. The van der Waals surface area contributed by atoms with Crippen LogP contribution in [-0.2, 0) is 19.9 Å². The van der Waals surface area contributed by atoms with Gasteiger partial charge < -0.3 is 4.74 Å². The Bertz CT molecular complexity index is 1430. The van der Waals surface area contributed by atoms with E-state index in [9.17, 15) is 16.8 Å². The second-order valence-corrected chi connectivity index (χ2v) is 20.2. The lowest BCUT2D eigenvalue weighted by Gasteiger charge is -2.25. The van der Waals surface area contributed by atoms with Crippen molar-refractivity contribution in [3.63, 3.8) is 0 Å². The summed E-state index contributed by atoms with van der Waals surface area (Å²) in [5.41, 5.74) is 7.71. The van der Waals surface area contributed by atoms with Crippen LogP contribution in [0.1, 0.15) is 31.9 Å². The normalized spacial score (nSPS) is 12.4. The van der Waals surface area contributed by atoms with Crippen LogP contribution in [-0.4, -0.2) is 54.2 Å². The molecule has 0 fully saturated rings. The molecule has 37 heavy (non-hydrogen) atoms. The summed E-state index contributed by atoms with van der Waals surface area (Å²) in [6.07, 6.45) is 1.54. The smallest absolute Gasteiger partial charge is 0.244 e. The number of hydrogen-bond acceptors (Lipinski definition) is 5. The second kappa shape index (κ2) is 11.8. The van der Waals surface area contributed by atoms with E-state index < -0.39 is 32.7 Å². The number of aryl methyl sites for hydroxylation is 1. The minimum Gasteiger partial charge on any atom is -0.497 e. The molecular formula is C28H37NO5S2Si. The Morgan fingerprint density at radius 2 is 1.54 bits per heavy atom. The first-order valence-electron chi connectivity index (χ1n) is 11.9. The molecule has 0 aliphatic rings. The summed E-state index contributed by atoms with van der Waals surface area (Å²) in [7, 11) is -8.17. The van der Waals surface area contributed by atoms with Crippen LogP contribution < -0.4 is 4.74 Å². The van der Waals surface area contributed by atoms with E-state index in [-0.39, 0.29) is 22.9 Å². The van der Waals surface area contributed by atoms with Crippen LogP contribution in [0.2, 0.25) is 19.6 Å². The number of hydrogen-bond donors (Lipinski definition) is 0. The SMILES string of the molecule is COc1ccc(C=C=C(CN(CC#C[Si](C)(C)C)S(=O)(=O)c2ccc(C)cc2)S(=O)(=O)C(C)(C)C)cc1. The van der Waals surface area contributed by atoms with E-state index >= 15 is 0 Å². The molecular weight excluding hydrogens is 523 g/mol. The number of nitrogens with zero attached hydrogens (tertiary/aromatic N) is 1. The molecule has 0 atom stereocenters. The summed E-state index contributed by atoms with van der Waals surface area (Å²) in [4.78, 5) is -0.0409. The molecule has 2 aromatic rings. The van der Waals surface area contributed by atoms with Crippen LogP contribution in [0.25, 0.3) is 6.08 Å². The first-order chi connectivity index (χ1) is 17.0. The predicted octanol–water partition coefficient (Wildman–Crippen LogP) is 5.28. The van der Waals surface area contributed by atoms with Crippen molar-refractivity contribution in [3.05, 3.63) is 70.3 Å². The lowest BCUT2D eigenvalue weighted by atomic mass is 10.2. The van der Waals surface area contributed by atoms with E-state index in [0.717, 1.165) is 9.87 Å². The largest absolute Gasteiger partial charge is 0.497 e. The lowest BCUT2D eigenvalue weighted by Crippen LogP contribution is -2.38. The molecule has 2 aromatic carbocycles. The molecule has 200 valence electrons. The van der Waals surface area contributed by atoms with Crippen molar-refractivity contribution in [1.82, 2.24) is 4.31 Å². The Hall–Kier alpha value is -2.60. The van der Waals surface area contributed by atoms with E-state index in [4.69, 9.17) is 4.74 Å². The molecule has 0 radical (unpaired) electrons. The van der Waals surface area contributed by atoms with Gasteiger partial charge in [-0.1, -0.05) is 55.4 Å². The van der Waals surface area contributed by atoms with Gasteiger partial charge in [0.2, 0.25) is 10.0 Å². The maximum atomic E-state index is 13.7. The summed E-state index contributed by atoms with van der Waals surface area (Å²) >= 11 is 0. The molecule has 2 rings (SSSR count). The number of rotatable bonds is 8. The Kier molecular flexibility index (Phi) is 9.80. The Morgan fingerprint density at radius 1 is 0.973 bits per heavy atom. The quantitative estimate of drug-likeness (QED) is 0.250. The summed E-state index contributed by atoms with van der Waals surface area (Å²) in [5, 5.41) is 0. The minimum absolute atomic E-state index is 0.0829. The van der Waals surface area contributed by atoms with Crippen molar-refractivity contribution < 1.29 is 21.6 Å². The molecule has 0 bridgehead atoms. The van der Waals surface area contributed by atoms with E-state index in [1.54, 1.807) is 70.4 Å². The van der Waals surface area contributed by atoms with Gasteiger partial charge in [-0.15, -0.1) is 11.3 Å². The number of methoxy groups -OCH3 is 1. The van der Waals surface area contributed by atoms with Gasteiger partial charge in [0, 0.05) is 0 Å². The summed E-state index contributed by atoms with van der Waals surface area (Å²) in [6, 6.07) is 13.5. The van der Waals surface area contributed by atoms with Crippen molar-refractivity contribution in [2.75, 3.05) is 20.2 Å². The van der Waals surface area contributed by atoms with E-state index in [1.807, 2.05) is 6.92 Å². The maximum Gasteiger partial charge on any atom is 0.244 e. The summed E-state index contributed by atoms with van der Waals surface area (Å²) in [6.45, 7) is 12.3. The Morgan fingerprint density at radius 3 is 2.03 bits per heavy atom. The van der Waals surface area contributed by atoms with Crippen LogP contribution in [0, 0.1) is 18.4 Å². The van der Waals surface area contributed by atoms with Gasteiger partial charge >= 0.3 is 0 Å². The first kappa shape index (κ1) is 30.6. The number of sulfone groups is 1. The van der Waals surface area contributed by atoms with Crippen molar-refractivity contribution in [2.24, 2.45) is 0 Å². The lowest BCUT2D eigenvalue weighted by molar-refractivity contribution is 0.415. The van der Waals surface area contributed by atoms with E-state index in [0.29, 0.717) is 11.3 Å². The standard InChI is InChI=1S/C28H37NO5S2Si/c1-23-10-17-26(18-11-23)36(32,33)29(20-9-21-37(6,7)8)22-27(35(30,31)28(2,3)4)19-14-24-12-15-25(34-5)16-13-24/h10-18H,20,22H2,1-8H3. The van der Waals surface area contributed by atoms with Crippen molar-refractivity contribution in [3.8, 4) is 17.2 Å². The Balaban J connectivity index is 2.68. The third-order valence-electron chi connectivity index (χ3n) is 5.34. The average Bonchev–Trinajstić information content (AvgIpc) is 2.79. The highest BCUT2D eigenvalue weighted by molar-refractivity contribution is 7.96. The van der Waals surface area contributed by atoms with Crippen LogP contribution in [0.4, 0.5) is 0 Å². The molecule has 6 nitrogen and oxygen atoms in total. The molecule has 0 spiro atoms. The van der Waals surface area contributed by atoms with Gasteiger partial charge in [0.05, 0.1) is 29.8 Å². The van der Waals surface area contributed by atoms with Gasteiger partial charge in [-0.05, 0) is 63.6 Å². The van der Waals surface area contributed by atoms with Gasteiger partial charge in [-0.25, -0.2) is 16.8 Å². The molecule has 0 aliphatic carbocycles. The van der Waals surface area contributed by atoms with Gasteiger partial charge in [-0.2, -0.15) is 4.31 Å². The summed E-state index contributed by atoms with van der Waals surface area (Å²) < 4.78 is 59.6. The van der Waals surface area contributed by atoms with Crippen LogP contribution in [0.3, 0.4) is 0 Å². The number of benzene rings is 2. The fourth-order valence-electron chi connectivity index (χ4n) is 3.08. The molecule has 0 N–H and O–H groups in total. The number of ether oxygens (including phenoxy) is 1. The third kappa shape index (κ3) is 8.46. The molecule has 0 saturated carbocycles. The van der Waals surface area contributed by atoms with Crippen molar-refractivity contribution in [2.45, 2.75) is 57.0 Å². The number of sulfonamides is 1. The highest BCUT2D eigenvalue weighted by atomic mass is 32.2. The van der Waals surface area contributed by atoms with Crippen molar-refractivity contribution in [1.29, 1.82) is 0 Å². The molecule has 0 aliphatic heterocycles. The highest BCUT2D eigenvalue weighted by Gasteiger charge is 2.36. The van der Waals surface area contributed by atoms with Gasteiger partial charge in [0.1, 0.15) is 18.7 Å². The van der Waals surface area contributed by atoms with Crippen LogP contribution in [0.15, 0.2) is 64.1 Å². The molecule has 0 unspecified atom stereocenters. The van der Waals surface area contributed by atoms with E-state index in [1.165, 1.54) is 12.1 Å². The van der Waals surface area contributed by atoms with Gasteiger partial charge in [0.25, 0.3) is 0 Å². The predicted molar refractivity (Wildman–Crippen MR) is 154 cm³/mol. The molecule has 0 saturated heterocycles. The minimum atomic E-state index is -4.04. The molecule has 0 heterocycles. The second-order valence-electron chi connectivity index (χ2n) is 10.7. The zero-order valence-electron chi connectivity index (χ0n) is 22.9. The van der Waals surface area contributed by atoms with Gasteiger partial charge in [-0.3, -0.25) is 0 Å². The Labute approximate surface area is 224 Å².